The van der Waals surface area contributed by atoms with Gasteiger partial charge in [-0.25, -0.2) is 0 Å². The molecule has 1 rings (SSSR count). The van der Waals surface area contributed by atoms with Crippen molar-refractivity contribution in [2.75, 3.05) is 13.2 Å². The van der Waals surface area contributed by atoms with E-state index in [-0.39, 0.29) is 19.4 Å². The van der Waals surface area contributed by atoms with E-state index < -0.39 is 67.4 Å². The largest absolute Gasteiger partial charge is 0.454 e. The second-order valence-corrected chi connectivity index (χ2v) is 23.6. The lowest BCUT2D eigenvalue weighted by Gasteiger charge is -2.41. The van der Waals surface area contributed by atoms with E-state index in [2.05, 4.69) is 74.7 Å². The van der Waals surface area contributed by atoms with Crippen LogP contribution in [0.15, 0.2) is 60.8 Å². The van der Waals surface area contributed by atoms with Gasteiger partial charge in [0.15, 0.2) is 12.4 Å². The van der Waals surface area contributed by atoms with Crippen molar-refractivity contribution in [1.82, 2.24) is 5.32 Å². The Labute approximate surface area is 497 Å². The second-order valence-electron chi connectivity index (χ2n) is 23.6. The minimum atomic E-state index is -1.62. The fourth-order valence-corrected chi connectivity index (χ4v) is 10.5. The average Bonchev–Trinajstić information content (AvgIpc) is 3.53. The lowest BCUT2D eigenvalue weighted by molar-refractivity contribution is -0.305. The van der Waals surface area contributed by atoms with Crippen molar-refractivity contribution in [1.29, 1.82) is 0 Å². The Morgan fingerprint density at radius 1 is 0.481 bits per heavy atom. The molecule has 0 aromatic carbocycles. The smallest absolute Gasteiger partial charge is 0.306 e. The van der Waals surface area contributed by atoms with E-state index in [1.165, 1.54) is 173 Å². The number of aliphatic hydroxyl groups excluding tert-OH is 5. The minimum absolute atomic E-state index is 0.118. The molecule has 8 unspecified atom stereocenters. The van der Waals surface area contributed by atoms with Crippen LogP contribution in [0.4, 0.5) is 0 Å². The van der Waals surface area contributed by atoms with Crippen molar-refractivity contribution in [3.63, 3.8) is 0 Å². The summed E-state index contributed by atoms with van der Waals surface area (Å²) < 4.78 is 17.7. The summed E-state index contributed by atoms with van der Waals surface area (Å²) in [7, 11) is 0. The summed E-state index contributed by atoms with van der Waals surface area (Å²) in [6, 6.07) is -1.03. The van der Waals surface area contributed by atoms with Gasteiger partial charge in [-0.3, -0.25) is 9.59 Å². The molecule has 1 aliphatic rings. The zero-order valence-corrected chi connectivity index (χ0v) is 52.4. The highest BCUT2D eigenvalue weighted by molar-refractivity contribution is 5.80. The van der Waals surface area contributed by atoms with Crippen molar-refractivity contribution >= 4 is 11.9 Å². The molecular formula is C70H127NO10. The van der Waals surface area contributed by atoms with Crippen LogP contribution < -0.4 is 5.32 Å². The number of ether oxygens (including phenoxy) is 3. The number of nitrogens with one attached hydrogen (secondary N) is 1. The molecular weight excluding hydrogens is 1010 g/mol. The molecule has 472 valence electrons. The first-order chi connectivity index (χ1) is 39.7. The first-order valence-electron chi connectivity index (χ1n) is 34.1. The molecule has 11 nitrogen and oxygen atoms in total. The predicted molar refractivity (Wildman–Crippen MR) is 338 cm³/mol. The predicted octanol–water partition coefficient (Wildman–Crippen LogP) is 17.0. The number of amides is 1. The molecule has 1 heterocycles. The summed E-state index contributed by atoms with van der Waals surface area (Å²) in [6.07, 6.45) is 62.5. The van der Waals surface area contributed by atoms with Crippen molar-refractivity contribution in [3.8, 4) is 0 Å². The standard InChI is InChI=1S/C70H127NO10/c1-4-7-10-13-16-19-22-25-27-29-30-31-32-33-34-35-37-40-43-46-49-52-55-58-65(75)81-68-67(77)66(76)64(59-72)80-70(68)79-60-61(62(73)56-53-50-47-44-41-38-24-21-18-15-12-9-6-3)71-69(78)63(74)57-54-51-48-45-42-39-36-28-26-23-20-17-14-11-8-5-2/h16,19,25-28,30-31,53,56,61-64,66-68,70,72-74,76-77H,4-15,17-18,20-24,29,32-52,54-55,57-60H2,1-3H3,(H,71,78)/b19-16-,27-25-,28-26+,31-30-,56-53+. The number of unbranched alkanes of at least 4 members (excludes halogenated alkanes) is 36. The maximum atomic E-state index is 13.4. The fourth-order valence-electron chi connectivity index (χ4n) is 10.5. The van der Waals surface area contributed by atoms with Crippen LogP contribution in [0.5, 0.6) is 0 Å². The van der Waals surface area contributed by atoms with Crippen LogP contribution >= 0.6 is 0 Å². The van der Waals surface area contributed by atoms with Gasteiger partial charge in [0.1, 0.15) is 24.4 Å². The first-order valence-corrected chi connectivity index (χ1v) is 34.1. The molecule has 0 aliphatic carbocycles. The summed E-state index contributed by atoms with van der Waals surface area (Å²) >= 11 is 0. The Morgan fingerprint density at radius 3 is 1.31 bits per heavy atom. The van der Waals surface area contributed by atoms with E-state index >= 15 is 0 Å². The van der Waals surface area contributed by atoms with Gasteiger partial charge in [0.25, 0.3) is 0 Å². The maximum absolute atomic E-state index is 13.4. The van der Waals surface area contributed by atoms with Crippen molar-refractivity contribution in [3.05, 3.63) is 60.8 Å². The third-order valence-corrected chi connectivity index (χ3v) is 15.9. The molecule has 81 heavy (non-hydrogen) atoms. The van der Waals surface area contributed by atoms with E-state index in [0.29, 0.717) is 12.8 Å². The minimum Gasteiger partial charge on any atom is -0.454 e. The number of aliphatic hydroxyl groups is 5. The van der Waals surface area contributed by atoms with Gasteiger partial charge < -0.3 is 45.1 Å². The number of esters is 1. The van der Waals surface area contributed by atoms with Crippen LogP contribution in [0, 0.1) is 0 Å². The summed E-state index contributed by atoms with van der Waals surface area (Å²) in [5.41, 5.74) is 0. The van der Waals surface area contributed by atoms with Gasteiger partial charge in [-0.15, -0.1) is 0 Å². The SMILES string of the molecule is CCCCC/C=C\C/C=C\C/C=C\CCCCCCCCCCCCC(=O)OC1C(OCC(NC(=O)C(O)CCCCCCCC/C=C/CCCCCCCC)C(O)/C=C/CCCCCCCCCCCCC)OC(CO)C(O)C1O. The number of hydrogen-bond donors (Lipinski definition) is 6. The molecule has 0 saturated carbocycles. The quantitative estimate of drug-likeness (QED) is 0.0195. The van der Waals surface area contributed by atoms with Crippen LogP contribution in [-0.4, -0.2) is 99.6 Å². The Hall–Kier alpha value is -2.64. The van der Waals surface area contributed by atoms with Crippen molar-refractivity contribution in [2.24, 2.45) is 0 Å². The van der Waals surface area contributed by atoms with E-state index in [0.717, 1.165) is 89.9 Å². The zero-order chi connectivity index (χ0) is 58.9. The topological polar surface area (TPSA) is 175 Å². The third-order valence-electron chi connectivity index (χ3n) is 15.9. The number of allylic oxidation sites excluding steroid dienone is 9. The van der Waals surface area contributed by atoms with Gasteiger partial charge in [-0.05, 0) is 89.9 Å². The lowest BCUT2D eigenvalue weighted by atomic mass is 9.99. The molecule has 0 radical (unpaired) electrons. The Balaban J connectivity index is 2.62. The highest BCUT2D eigenvalue weighted by Crippen LogP contribution is 2.26. The molecule has 0 aromatic rings. The fraction of sp³-hybridized carbons (Fsp3) is 0.829. The molecule has 11 heteroatoms. The molecule has 6 N–H and O–H groups in total. The van der Waals surface area contributed by atoms with Crippen LogP contribution in [0.1, 0.15) is 310 Å². The van der Waals surface area contributed by atoms with Crippen molar-refractivity contribution in [2.45, 2.75) is 359 Å². The third kappa shape index (κ3) is 45.4. The summed E-state index contributed by atoms with van der Waals surface area (Å²) in [5, 5.41) is 57.2. The van der Waals surface area contributed by atoms with Crippen LogP contribution in [0.25, 0.3) is 0 Å². The van der Waals surface area contributed by atoms with E-state index in [9.17, 15) is 35.1 Å². The van der Waals surface area contributed by atoms with Crippen LogP contribution in [0.2, 0.25) is 0 Å². The number of carbonyl (C=O) groups excluding carboxylic acids is 2. The van der Waals surface area contributed by atoms with Crippen LogP contribution in [-0.2, 0) is 23.8 Å². The molecule has 8 atom stereocenters. The van der Waals surface area contributed by atoms with Gasteiger partial charge in [0.05, 0.1) is 25.4 Å². The summed E-state index contributed by atoms with van der Waals surface area (Å²) in [5.74, 6) is -1.20. The number of hydrogen-bond acceptors (Lipinski definition) is 10. The second kappa shape index (κ2) is 57.8. The van der Waals surface area contributed by atoms with E-state index in [1.54, 1.807) is 6.08 Å². The van der Waals surface area contributed by atoms with E-state index in [1.807, 2.05) is 6.08 Å². The van der Waals surface area contributed by atoms with Gasteiger partial charge >= 0.3 is 5.97 Å². The molecule has 1 fully saturated rings. The monoisotopic (exact) mass is 1140 g/mol. The molecule has 0 bridgehead atoms. The zero-order valence-electron chi connectivity index (χ0n) is 52.4. The maximum Gasteiger partial charge on any atom is 0.306 e. The van der Waals surface area contributed by atoms with Gasteiger partial charge in [0.2, 0.25) is 5.91 Å². The Bertz CT molecular complexity index is 1550. The summed E-state index contributed by atoms with van der Waals surface area (Å²) in [6.45, 7) is 5.78. The molecule has 1 amide bonds. The molecule has 0 spiro atoms. The lowest BCUT2D eigenvalue weighted by Crippen LogP contribution is -2.61. The Morgan fingerprint density at radius 2 is 0.852 bits per heavy atom. The van der Waals surface area contributed by atoms with Crippen LogP contribution in [0.3, 0.4) is 0 Å². The number of rotatable bonds is 58. The first kappa shape index (κ1) is 76.4. The highest BCUT2D eigenvalue weighted by atomic mass is 16.7. The Kier molecular flexibility index (Phi) is 54.5. The molecule has 1 saturated heterocycles. The average molecular weight is 1140 g/mol. The van der Waals surface area contributed by atoms with Gasteiger partial charge in [-0.2, -0.15) is 0 Å². The molecule has 0 aromatic heterocycles. The summed E-state index contributed by atoms with van der Waals surface area (Å²) in [4.78, 5) is 26.6. The normalized spacial score (nSPS) is 19.0. The number of carbonyl (C=O) groups is 2. The molecule has 1 aliphatic heterocycles. The van der Waals surface area contributed by atoms with Crippen molar-refractivity contribution < 1.29 is 49.3 Å². The van der Waals surface area contributed by atoms with Gasteiger partial charge in [-0.1, -0.05) is 274 Å². The highest BCUT2D eigenvalue weighted by Gasteiger charge is 2.47. The van der Waals surface area contributed by atoms with E-state index in [4.69, 9.17) is 14.2 Å². The van der Waals surface area contributed by atoms with Gasteiger partial charge in [0, 0.05) is 6.42 Å².